The number of carbonyl (C=O) groups excluding carboxylic acids is 1. The molecular weight excluding hydrogens is 395 g/mol. The minimum atomic E-state index is -0.344. The van der Waals surface area contributed by atoms with Crippen molar-refractivity contribution >= 4 is 17.1 Å². The number of imidazole rings is 1. The Bertz CT molecular complexity index is 1170. The summed E-state index contributed by atoms with van der Waals surface area (Å²) in [5.41, 5.74) is 3.88. The van der Waals surface area contributed by atoms with Gasteiger partial charge in [-0.3, -0.25) is 4.79 Å². The van der Waals surface area contributed by atoms with Crippen molar-refractivity contribution in [3.63, 3.8) is 0 Å². The third-order valence-corrected chi connectivity index (χ3v) is 4.88. The number of pyridine rings is 1. The van der Waals surface area contributed by atoms with Crippen molar-refractivity contribution in [1.82, 2.24) is 19.9 Å². The number of aromatic nitrogens is 3. The molecule has 0 bridgehead atoms. The number of nitrogens with one attached hydrogen (secondary N) is 1. The zero-order valence-corrected chi connectivity index (χ0v) is 17.2. The van der Waals surface area contributed by atoms with Crippen molar-refractivity contribution in [2.75, 3.05) is 13.2 Å². The van der Waals surface area contributed by atoms with Crippen LogP contribution in [0.2, 0.25) is 0 Å². The number of nitrogens with zero attached hydrogens (tertiary/aromatic N) is 3. The minimum Gasteiger partial charge on any atom is -0.484 e. The first-order chi connectivity index (χ1) is 15.1. The predicted octanol–water partition coefficient (Wildman–Crippen LogP) is 4.13. The number of ether oxygens (including phenoxy) is 1. The van der Waals surface area contributed by atoms with E-state index in [2.05, 4.69) is 46.1 Å². The first-order valence-electron chi connectivity index (χ1n) is 10.1. The normalized spacial score (nSPS) is 10.9. The molecule has 2 aromatic carbocycles. The lowest BCUT2D eigenvalue weighted by molar-refractivity contribution is -0.123. The molecule has 6 nitrogen and oxygen atoms in total. The second-order valence-corrected chi connectivity index (χ2v) is 7.25. The van der Waals surface area contributed by atoms with Crippen LogP contribution in [0, 0.1) is 12.7 Å². The van der Waals surface area contributed by atoms with Gasteiger partial charge in [-0.05, 0) is 49.7 Å². The van der Waals surface area contributed by atoms with Gasteiger partial charge in [-0.25, -0.2) is 14.4 Å². The zero-order valence-electron chi connectivity index (χ0n) is 17.2. The molecule has 0 atom stereocenters. The summed E-state index contributed by atoms with van der Waals surface area (Å²) in [4.78, 5) is 21.3. The lowest BCUT2D eigenvalue weighted by atomic mass is 10.1. The second kappa shape index (κ2) is 9.38. The molecule has 2 heterocycles. The topological polar surface area (TPSA) is 69.0 Å². The first kappa shape index (κ1) is 20.5. The molecule has 0 aliphatic carbocycles. The molecule has 0 spiro atoms. The minimum absolute atomic E-state index is 0.115. The van der Waals surface area contributed by atoms with Gasteiger partial charge in [0.25, 0.3) is 5.91 Å². The van der Waals surface area contributed by atoms with Crippen LogP contribution in [0.3, 0.4) is 0 Å². The lowest BCUT2D eigenvalue weighted by Crippen LogP contribution is -2.30. The Hall–Kier alpha value is -3.74. The van der Waals surface area contributed by atoms with Crippen LogP contribution >= 0.6 is 0 Å². The summed E-state index contributed by atoms with van der Waals surface area (Å²) < 4.78 is 20.4. The van der Waals surface area contributed by atoms with Gasteiger partial charge < -0.3 is 14.6 Å². The van der Waals surface area contributed by atoms with Crippen LogP contribution in [0.1, 0.15) is 12.0 Å². The summed E-state index contributed by atoms with van der Waals surface area (Å²) in [6.07, 6.45) is 2.47. The highest BCUT2D eigenvalue weighted by Crippen LogP contribution is 2.24. The standard InChI is InChI=1S/C24H23FN4O2/c1-17-5-7-18(8-6-17)23-28-21-4-2-13-27-24(21)29(23)15-3-14-26-22(30)16-31-20-11-9-19(25)10-12-20/h2,4-13H,3,14-16H2,1H3,(H,26,30). The van der Waals surface area contributed by atoms with E-state index in [1.165, 1.54) is 29.8 Å². The van der Waals surface area contributed by atoms with Crippen LogP contribution in [0.4, 0.5) is 4.39 Å². The number of carbonyl (C=O) groups is 1. The van der Waals surface area contributed by atoms with E-state index >= 15 is 0 Å². The molecule has 0 saturated carbocycles. The highest BCUT2D eigenvalue weighted by Gasteiger charge is 2.13. The molecule has 4 rings (SSSR count). The highest BCUT2D eigenvalue weighted by molar-refractivity contribution is 5.78. The number of rotatable bonds is 8. The molecule has 0 fully saturated rings. The smallest absolute Gasteiger partial charge is 0.257 e. The Morgan fingerprint density at radius 3 is 2.65 bits per heavy atom. The largest absolute Gasteiger partial charge is 0.484 e. The lowest BCUT2D eigenvalue weighted by Gasteiger charge is -2.10. The van der Waals surface area contributed by atoms with E-state index in [9.17, 15) is 9.18 Å². The fourth-order valence-electron chi connectivity index (χ4n) is 3.29. The Labute approximate surface area is 179 Å². The van der Waals surface area contributed by atoms with E-state index in [-0.39, 0.29) is 18.3 Å². The van der Waals surface area contributed by atoms with Crippen molar-refractivity contribution in [2.24, 2.45) is 0 Å². The monoisotopic (exact) mass is 418 g/mol. The molecule has 0 unspecified atom stereocenters. The summed E-state index contributed by atoms with van der Waals surface area (Å²) in [7, 11) is 0. The van der Waals surface area contributed by atoms with Crippen molar-refractivity contribution in [3.8, 4) is 17.1 Å². The Balaban J connectivity index is 1.36. The maximum absolute atomic E-state index is 12.9. The molecule has 0 aliphatic rings. The van der Waals surface area contributed by atoms with Gasteiger partial charge >= 0.3 is 0 Å². The third-order valence-electron chi connectivity index (χ3n) is 4.88. The van der Waals surface area contributed by atoms with Crippen LogP contribution in [-0.4, -0.2) is 33.6 Å². The molecule has 7 heteroatoms. The molecule has 0 aliphatic heterocycles. The zero-order chi connectivity index (χ0) is 21.6. The van der Waals surface area contributed by atoms with Crippen molar-refractivity contribution < 1.29 is 13.9 Å². The molecule has 0 radical (unpaired) electrons. The quantitative estimate of drug-likeness (QED) is 0.437. The molecule has 31 heavy (non-hydrogen) atoms. The van der Waals surface area contributed by atoms with E-state index < -0.39 is 0 Å². The van der Waals surface area contributed by atoms with Gasteiger partial charge in [-0.1, -0.05) is 29.8 Å². The van der Waals surface area contributed by atoms with E-state index in [1.807, 2.05) is 12.1 Å². The maximum Gasteiger partial charge on any atom is 0.257 e. The Kier molecular flexibility index (Phi) is 6.21. The molecule has 0 saturated heterocycles. The van der Waals surface area contributed by atoms with Gasteiger partial charge in [0.1, 0.15) is 22.9 Å². The molecular formula is C24H23FN4O2. The van der Waals surface area contributed by atoms with Gasteiger partial charge in [-0.2, -0.15) is 0 Å². The fourth-order valence-corrected chi connectivity index (χ4v) is 3.29. The summed E-state index contributed by atoms with van der Waals surface area (Å²) in [6.45, 7) is 3.09. The van der Waals surface area contributed by atoms with Gasteiger partial charge in [0.2, 0.25) is 0 Å². The predicted molar refractivity (Wildman–Crippen MR) is 117 cm³/mol. The van der Waals surface area contributed by atoms with Gasteiger partial charge in [-0.15, -0.1) is 0 Å². The Morgan fingerprint density at radius 1 is 1.10 bits per heavy atom. The SMILES string of the molecule is Cc1ccc(-c2nc3cccnc3n2CCCNC(=O)COc2ccc(F)cc2)cc1. The van der Waals surface area contributed by atoms with E-state index in [1.54, 1.807) is 6.20 Å². The number of fused-ring (bicyclic) bond motifs is 1. The highest BCUT2D eigenvalue weighted by atomic mass is 19.1. The van der Waals surface area contributed by atoms with Crippen molar-refractivity contribution in [1.29, 1.82) is 0 Å². The first-order valence-corrected chi connectivity index (χ1v) is 10.1. The average Bonchev–Trinajstić information content (AvgIpc) is 3.15. The van der Waals surface area contributed by atoms with E-state index in [0.717, 1.165) is 22.6 Å². The van der Waals surface area contributed by atoms with Gasteiger partial charge in [0.05, 0.1) is 0 Å². The molecule has 2 aromatic heterocycles. The second-order valence-electron chi connectivity index (χ2n) is 7.25. The number of amides is 1. The summed E-state index contributed by atoms with van der Waals surface area (Å²) >= 11 is 0. The molecule has 1 amide bonds. The number of hydrogen-bond donors (Lipinski definition) is 1. The van der Waals surface area contributed by atoms with Crippen LogP contribution < -0.4 is 10.1 Å². The van der Waals surface area contributed by atoms with Crippen molar-refractivity contribution in [3.05, 3.63) is 78.2 Å². The number of aryl methyl sites for hydroxylation is 2. The van der Waals surface area contributed by atoms with Crippen LogP contribution in [0.5, 0.6) is 5.75 Å². The fraction of sp³-hybridized carbons (Fsp3) is 0.208. The van der Waals surface area contributed by atoms with E-state index in [4.69, 9.17) is 9.72 Å². The number of benzene rings is 2. The number of halogens is 1. The van der Waals surface area contributed by atoms with Crippen LogP contribution in [-0.2, 0) is 11.3 Å². The molecule has 4 aromatic rings. The van der Waals surface area contributed by atoms with Gasteiger partial charge in [0.15, 0.2) is 12.3 Å². The average molecular weight is 418 g/mol. The number of hydrogen-bond acceptors (Lipinski definition) is 4. The van der Waals surface area contributed by atoms with Crippen LogP contribution in [0.15, 0.2) is 66.9 Å². The van der Waals surface area contributed by atoms with E-state index in [0.29, 0.717) is 25.3 Å². The summed E-state index contributed by atoms with van der Waals surface area (Å²) in [6, 6.07) is 17.6. The van der Waals surface area contributed by atoms with Gasteiger partial charge in [0, 0.05) is 24.8 Å². The third kappa shape index (κ3) is 5.06. The molecule has 158 valence electrons. The van der Waals surface area contributed by atoms with Crippen LogP contribution in [0.25, 0.3) is 22.6 Å². The molecule has 1 N–H and O–H groups in total. The summed E-state index contributed by atoms with van der Waals surface area (Å²) in [5, 5.41) is 2.85. The van der Waals surface area contributed by atoms with Crippen molar-refractivity contribution in [2.45, 2.75) is 19.9 Å². The Morgan fingerprint density at radius 2 is 1.87 bits per heavy atom. The maximum atomic E-state index is 12.9. The summed E-state index contributed by atoms with van der Waals surface area (Å²) in [5.74, 6) is 0.745.